The number of hydrogen-bond donors (Lipinski definition) is 1. The highest BCUT2D eigenvalue weighted by atomic mass is 16.1. The van der Waals surface area contributed by atoms with Crippen molar-refractivity contribution in [1.82, 2.24) is 19.7 Å². The van der Waals surface area contributed by atoms with E-state index in [2.05, 4.69) is 10.4 Å². The highest BCUT2D eigenvalue weighted by Gasteiger charge is 2.12. The summed E-state index contributed by atoms with van der Waals surface area (Å²) < 4.78 is 3.67. The fourth-order valence-electron chi connectivity index (χ4n) is 1.67. The van der Waals surface area contributed by atoms with E-state index in [0.717, 1.165) is 11.4 Å². The average Bonchev–Trinajstić information content (AvgIpc) is 2.84. The number of amides is 1. The van der Waals surface area contributed by atoms with Crippen LogP contribution in [0.3, 0.4) is 0 Å². The Labute approximate surface area is 100 Å². The first-order chi connectivity index (χ1) is 8.09. The van der Waals surface area contributed by atoms with Crippen LogP contribution in [0.2, 0.25) is 0 Å². The Kier molecular flexibility index (Phi) is 2.99. The van der Waals surface area contributed by atoms with Crippen molar-refractivity contribution in [1.29, 1.82) is 0 Å². The molecular weight excluding hydrogens is 216 g/mol. The summed E-state index contributed by atoms with van der Waals surface area (Å²) in [5, 5.41) is 6.93. The Morgan fingerprint density at radius 3 is 2.76 bits per heavy atom. The van der Waals surface area contributed by atoms with Gasteiger partial charge >= 0.3 is 0 Å². The normalized spacial score (nSPS) is 10.5. The van der Waals surface area contributed by atoms with E-state index in [1.54, 1.807) is 10.9 Å². The second-order valence-corrected chi connectivity index (χ2v) is 4.06. The summed E-state index contributed by atoms with van der Waals surface area (Å²) in [6.07, 6.45) is 3.55. The van der Waals surface area contributed by atoms with Crippen molar-refractivity contribution in [3.8, 4) is 0 Å². The Hall–Kier alpha value is -2.04. The van der Waals surface area contributed by atoms with Crippen LogP contribution in [0.4, 0.5) is 0 Å². The molecule has 0 saturated carbocycles. The highest BCUT2D eigenvalue weighted by Crippen LogP contribution is 2.06. The number of rotatable bonds is 3. The minimum Gasteiger partial charge on any atom is -0.353 e. The molecule has 0 fully saturated rings. The fraction of sp³-hybridized carbons (Fsp3) is 0.333. The lowest BCUT2D eigenvalue weighted by molar-refractivity contribution is 0.0949. The van der Waals surface area contributed by atoms with E-state index in [-0.39, 0.29) is 5.91 Å². The number of aromatic nitrogens is 3. The van der Waals surface area contributed by atoms with Gasteiger partial charge in [-0.2, -0.15) is 5.10 Å². The van der Waals surface area contributed by atoms with Crippen LogP contribution < -0.4 is 5.32 Å². The number of nitrogens with one attached hydrogen (secondary N) is 1. The lowest BCUT2D eigenvalue weighted by atomic mass is 10.2. The third-order valence-electron chi connectivity index (χ3n) is 2.96. The van der Waals surface area contributed by atoms with Gasteiger partial charge in [-0.05, 0) is 19.1 Å². The van der Waals surface area contributed by atoms with Gasteiger partial charge in [0, 0.05) is 31.7 Å². The minimum absolute atomic E-state index is 0.0863. The molecule has 17 heavy (non-hydrogen) atoms. The zero-order chi connectivity index (χ0) is 12.4. The SMILES string of the molecule is Cc1c(C(=O)NCc2cccn2C)cnn1C. The molecule has 0 bridgehead atoms. The standard InChI is InChI=1S/C12H16N4O/c1-9-11(8-14-16(9)3)12(17)13-7-10-5-4-6-15(10)2/h4-6,8H,7H2,1-3H3,(H,13,17). The lowest BCUT2D eigenvalue weighted by Gasteiger charge is -2.06. The monoisotopic (exact) mass is 232 g/mol. The number of hydrogen-bond acceptors (Lipinski definition) is 2. The van der Waals surface area contributed by atoms with Gasteiger partial charge < -0.3 is 9.88 Å². The van der Waals surface area contributed by atoms with Crippen molar-refractivity contribution in [2.75, 3.05) is 0 Å². The van der Waals surface area contributed by atoms with Gasteiger partial charge in [-0.1, -0.05) is 0 Å². The predicted octanol–water partition coefficient (Wildman–Crippen LogP) is 0.997. The number of aryl methyl sites for hydroxylation is 2. The maximum Gasteiger partial charge on any atom is 0.255 e. The number of nitrogens with zero attached hydrogens (tertiary/aromatic N) is 3. The van der Waals surface area contributed by atoms with Crippen molar-refractivity contribution in [2.24, 2.45) is 14.1 Å². The molecule has 0 aliphatic carbocycles. The third kappa shape index (κ3) is 2.22. The zero-order valence-corrected chi connectivity index (χ0v) is 10.3. The summed E-state index contributed by atoms with van der Waals surface area (Å²) in [5.41, 5.74) is 2.57. The van der Waals surface area contributed by atoms with Crippen LogP contribution in [0.5, 0.6) is 0 Å². The molecule has 0 saturated heterocycles. The molecule has 0 spiro atoms. The van der Waals surface area contributed by atoms with Crippen molar-refractivity contribution >= 4 is 5.91 Å². The molecule has 1 amide bonds. The smallest absolute Gasteiger partial charge is 0.255 e. The van der Waals surface area contributed by atoms with E-state index in [1.807, 2.05) is 43.9 Å². The molecule has 5 nitrogen and oxygen atoms in total. The van der Waals surface area contributed by atoms with E-state index in [4.69, 9.17) is 0 Å². The molecule has 0 aliphatic rings. The molecule has 0 atom stereocenters. The summed E-state index contributed by atoms with van der Waals surface area (Å²) in [5.74, 6) is -0.0863. The van der Waals surface area contributed by atoms with Crippen molar-refractivity contribution < 1.29 is 4.79 Å². The van der Waals surface area contributed by atoms with Gasteiger partial charge in [-0.3, -0.25) is 9.48 Å². The minimum atomic E-state index is -0.0863. The largest absolute Gasteiger partial charge is 0.353 e. The van der Waals surface area contributed by atoms with Crippen LogP contribution in [-0.4, -0.2) is 20.3 Å². The molecular formula is C12H16N4O. The second-order valence-electron chi connectivity index (χ2n) is 4.06. The van der Waals surface area contributed by atoms with Gasteiger partial charge in [-0.25, -0.2) is 0 Å². The van der Waals surface area contributed by atoms with Gasteiger partial charge in [0.25, 0.3) is 5.91 Å². The van der Waals surface area contributed by atoms with Gasteiger partial charge in [0.1, 0.15) is 0 Å². The lowest BCUT2D eigenvalue weighted by Crippen LogP contribution is -2.24. The highest BCUT2D eigenvalue weighted by molar-refractivity contribution is 5.94. The van der Waals surface area contributed by atoms with Crippen LogP contribution in [0.1, 0.15) is 21.7 Å². The van der Waals surface area contributed by atoms with Gasteiger partial charge in [-0.15, -0.1) is 0 Å². The fourth-order valence-corrected chi connectivity index (χ4v) is 1.67. The summed E-state index contributed by atoms with van der Waals surface area (Å²) in [6.45, 7) is 2.40. The third-order valence-corrected chi connectivity index (χ3v) is 2.96. The first kappa shape index (κ1) is 11.4. The summed E-state index contributed by atoms with van der Waals surface area (Å²) in [7, 11) is 3.78. The van der Waals surface area contributed by atoms with Crippen molar-refractivity contribution in [2.45, 2.75) is 13.5 Å². The zero-order valence-electron chi connectivity index (χ0n) is 10.3. The van der Waals surface area contributed by atoms with Gasteiger partial charge in [0.15, 0.2) is 0 Å². The number of carbonyl (C=O) groups excluding carboxylic acids is 1. The van der Waals surface area contributed by atoms with Crippen molar-refractivity contribution in [3.63, 3.8) is 0 Å². The van der Waals surface area contributed by atoms with Crippen LogP contribution in [-0.2, 0) is 20.6 Å². The molecule has 90 valence electrons. The molecule has 0 aliphatic heterocycles. The van der Waals surface area contributed by atoms with E-state index < -0.39 is 0 Å². The van der Waals surface area contributed by atoms with Crippen LogP contribution in [0.25, 0.3) is 0 Å². The first-order valence-electron chi connectivity index (χ1n) is 5.46. The summed E-state index contributed by atoms with van der Waals surface area (Å²) in [4.78, 5) is 11.9. The molecule has 0 unspecified atom stereocenters. The van der Waals surface area contributed by atoms with Gasteiger partial charge in [0.2, 0.25) is 0 Å². The predicted molar refractivity (Wildman–Crippen MR) is 64.5 cm³/mol. The summed E-state index contributed by atoms with van der Waals surface area (Å²) >= 11 is 0. The molecule has 2 aromatic heterocycles. The quantitative estimate of drug-likeness (QED) is 0.858. The van der Waals surface area contributed by atoms with E-state index in [9.17, 15) is 4.79 Å². The molecule has 5 heteroatoms. The average molecular weight is 232 g/mol. The maximum absolute atomic E-state index is 11.9. The van der Waals surface area contributed by atoms with E-state index in [0.29, 0.717) is 12.1 Å². The second kappa shape index (κ2) is 4.45. The molecule has 0 radical (unpaired) electrons. The van der Waals surface area contributed by atoms with Crippen LogP contribution in [0, 0.1) is 6.92 Å². The van der Waals surface area contributed by atoms with E-state index >= 15 is 0 Å². The first-order valence-corrected chi connectivity index (χ1v) is 5.46. The molecule has 2 aromatic rings. The molecule has 2 rings (SSSR count). The molecule has 2 heterocycles. The Balaban J connectivity index is 2.03. The Bertz CT molecular complexity index is 538. The van der Waals surface area contributed by atoms with E-state index in [1.165, 1.54) is 0 Å². The van der Waals surface area contributed by atoms with Crippen molar-refractivity contribution in [3.05, 3.63) is 41.5 Å². The maximum atomic E-state index is 11.9. The number of carbonyl (C=O) groups is 1. The van der Waals surface area contributed by atoms with Crippen LogP contribution in [0.15, 0.2) is 24.5 Å². The van der Waals surface area contributed by atoms with Gasteiger partial charge in [0.05, 0.1) is 18.3 Å². The molecule has 0 aromatic carbocycles. The Morgan fingerprint density at radius 2 is 2.24 bits per heavy atom. The summed E-state index contributed by atoms with van der Waals surface area (Å²) in [6, 6.07) is 3.94. The topological polar surface area (TPSA) is 51.9 Å². The Morgan fingerprint density at radius 1 is 1.47 bits per heavy atom. The molecule has 1 N–H and O–H groups in total. The van der Waals surface area contributed by atoms with Crippen LogP contribution >= 0.6 is 0 Å².